The third-order valence-corrected chi connectivity index (χ3v) is 3.30. The van der Waals surface area contributed by atoms with E-state index in [0.29, 0.717) is 0 Å². The molecule has 7 nitrogen and oxygen atoms in total. The molecule has 0 radical (unpaired) electrons. The summed E-state index contributed by atoms with van der Waals surface area (Å²) in [6.45, 7) is -0.328. The molecule has 2 aromatic rings. The molecule has 0 aliphatic carbocycles. The number of aromatic nitrogens is 1. The molecular formula is C17H19N3O4. The van der Waals surface area contributed by atoms with E-state index < -0.39 is 17.9 Å². The summed E-state index contributed by atoms with van der Waals surface area (Å²) in [6, 6.07) is 13.0. The van der Waals surface area contributed by atoms with Crippen LogP contribution in [0.5, 0.6) is 0 Å². The molecule has 126 valence electrons. The Balaban J connectivity index is 2.10. The highest BCUT2D eigenvalue weighted by Crippen LogP contribution is 2.12. The third kappa shape index (κ3) is 4.61. The molecule has 0 saturated carbocycles. The topological polar surface area (TPSA) is 112 Å². The fraction of sp³-hybridized carbons (Fsp3) is 0.235. The van der Waals surface area contributed by atoms with E-state index in [1.807, 2.05) is 18.2 Å². The lowest BCUT2D eigenvalue weighted by atomic mass is 10.1. The number of rotatable bonds is 7. The number of benzene rings is 1. The van der Waals surface area contributed by atoms with E-state index in [1.54, 1.807) is 18.2 Å². The van der Waals surface area contributed by atoms with Gasteiger partial charge < -0.3 is 20.8 Å². The maximum absolute atomic E-state index is 12.3. The number of nitrogens with one attached hydrogen (secondary N) is 2. The Morgan fingerprint density at radius 3 is 2.25 bits per heavy atom. The van der Waals surface area contributed by atoms with E-state index in [1.165, 1.54) is 12.1 Å². The molecule has 0 spiro atoms. The van der Waals surface area contributed by atoms with Crippen molar-refractivity contribution < 1.29 is 19.8 Å². The van der Waals surface area contributed by atoms with Crippen molar-refractivity contribution in [2.75, 3.05) is 19.8 Å². The normalized spacial score (nSPS) is 11.6. The average molecular weight is 329 g/mol. The van der Waals surface area contributed by atoms with Crippen molar-refractivity contribution in [1.29, 1.82) is 0 Å². The Morgan fingerprint density at radius 2 is 1.62 bits per heavy atom. The second-order valence-electron chi connectivity index (χ2n) is 5.01. The highest BCUT2D eigenvalue weighted by Gasteiger charge is 2.17. The van der Waals surface area contributed by atoms with Crippen molar-refractivity contribution in [2.45, 2.75) is 6.04 Å². The van der Waals surface area contributed by atoms with Gasteiger partial charge in [0.15, 0.2) is 0 Å². The summed E-state index contributed by atoms with van der Waals surface area (Å²) < 4.78 is 0. The lowest BCUT2D eigenvalue weighted by Gasteiger charge is -2.16. The lowest BCUT2D eigenvalue weighted by molar-refractivity contribution is 0.0910. The van der Waals surface area contributed by atoms with Crippen LogP contribution in [0.1, 0.15) is 32.6 Å². The zero-order valence-electron chi connectivity index (χ0n) is 13.0. The van der Waals surface area contributed by atoms with Gasteiger partial charge in [-0.1, -0.05) is 36.4 Å². The zero-order chi connectivity index (χ0) is 17.4. The largest absolute Gasteiger partial charge is 0.395 e. The van der Waals surface area contributed by atoms with Crippen LogP contribution in [0.3, 0.4) is 0 Å². The molecular weight excluding hydrogens is 310 g/mol. The molecule has 1 aromatic heterocycles. The Bertz CT molecular complexity index is 691. The van der Waals surface area contributed by atoms with Gasteiger partial charge in [-0.2, -0.15) is 0 Å². The summed E-state index contributed by atoms with van der Waals surface area (Å²) in [4.78, 5) is 28.2. The summed E-state index contributed by atoms with van der Waals surface area (Å²) in [5.74, 6) is -0.963. The number of carbonyl (C=O) groups excluding carboxylic acids is 2. The van der Waals surface area contributed by atoms with Crippen molar-refractivity contribution >= 4 is 11.8 Å². The first-order chi connectivity index (χ1) is 11.7. The predicted molar refractivity (Wildman–Crippen MR) is 87.4 cm³/mol. The second kappa shape index (κ2) is 8.76. The number of carbonyl (C=O) groups is 2. The van der Waals surface area contributed by atoms with Gasteiger partial charge in [-0.05, 0) is 17.7 Å². The van der Waals surface area contributed by atoms with Gasteiger partial charge in [0.25, 0.3) is 11.8 Å². The van der Waals surface area contributed by atoms with Crippen molar-refractivity contribution in [2.24, 2.45) is 0 Å². The van der Waals surface area contributed by atoms with Crippen molar-refractivity contribution in [3.05, 3.63) is 65.5 Å². The van der Waals surface area contributed by atoms with E-state index in [-0.39, 0.29) is 31.1 Å². The zero-order valence-corrected chi connectivity index (χ0v) is 13.0. The van der Waals surface area contributed by atoms with Crippen LogP contribution in [-0.4, -0.2) is 46.8 Å². The Kier molecular flexibility index (Phi) is 6.41. The molecule has 24 heavy (non-hydrogen) atoms. The summed E-state index contributed by atoms with van der Waals surface area (Å²) in [6.07, 6.45) is 0. The van der Waals surface area contributed by atoms with E-state index in [2.05, 4.69) is 15.6 Å². The van der Waals surface area contributed by atoms with Gasteiger partial charge >= 0.3 is 0 Å². The Hall–Kier alpha value is -2.77. The molecule has 0 saturated heterocycles. The smallest absolute Gasteiger partial charge is 0.270 e. The highest BCUT2D eigenvalue weighted by molar-refractivity contribution is 5.96. The van der Waals surface area contributed by atoms with Crippen LogP contribution in [0.2, 0.25) is 0 Å². The molecule has 1 atom stereocenters. The maximum Gasteiger partial charge on any atom is 0.270 e. The van der Waals surface area contributed by atoms with Crippen LogP contribution in [0, 0.1) is 0 Å². The van der Waals surface area contributed by atoms with Crippen LogP contribution in [0.15, 0.2) is 48.5 Å². The fourth-order valence-electron chi connectivity index (χ4n) is 2.10. The van der Waals surface area contributed by atoms with Crippen molar-refractivity contribution in [3.63, 3.8) is 0 Å². The van der Waals surface area contributed by atoms with E-state index in [0.717, 1.165) is 5.56 Å². The average Bonchev–Trinajstić information content (AvgIpc) is 2.64. The first-order valence-corrected chi connectivity index (χ1v) is 7.48. The van der Waals surface area contributed by atoms with Crippen LogP contribution >= 0.6 is 0 Å². The third-order valence-electron chi connectivity index (χ3n) is 3.30. The van der Waals surface area contributed by atoms with Crippen LogP contribution < -0.4 is 10.6 Å². The second-order valence-corrected chi connectivity index (χ2v) is 5.01. The SMILES string of the molecule is O=C(NCCO)c1cccc(C(=O)NC(CO)c2ccccc2)n1. The molecule has 0 bridgehead atoms. The minimum Gasteiger partial charge on any atom is -0.395 e. The molecule has 1 aromatic carbocycles. The highest BCUT2D eigenvalue weighted by atomic mass is 16.3. The first-order valence-electron chi connectivity index (χ1n) is 7.48. The Morgan fingerprint density at radius 1 is 0.958 bits per heavy atom. The number of hydrogen-bond acceptors (Lipinski definition) is 5. The number of pyridine rings is 1. The predicted octanol–water partition coefficient (Wildman–Crippen LogP) is 0.267. The van der Waals surface area contributed by atoms with Gasteiger partial charge in [0.05, 0.1) is 19.3 Å². The van der Waals surface area contributed by atoms with Crippen molar-refractivity contribution in [3.8, 4) is 0 Å². The number of aliphatic hydroxyl groups is 2. The molecule has 7 heteroatoms. The van der Waals surface area contributed by atoms with Crippen LogP contribution in [-0.2, 0) is 0 Å². The number of aliphatic hydroxyl groups excluding tert-OH is 2. The van der Waals surface area contributed by atoms with Crippen LogP contribution in [0.4, 0.5) is 0 Å². The number of nitrogens with zero attached hydrogens (tertiary/aromatic N) is 1. The van der Waals surface area contributed by atoms with E-state index >= 15 is 0 Å². The standard InChI is InChI=1S/C17H19N3O4/c21-10-9-18-16(23)13-7-4-8-14(19-13)17(24)20-15(11-22)12-5-2-1-3-6-12/h1-8,15,21-22H,9-11H2,(H,18,23)(H,20,24). The maximum atomic E-state index is 12.3. The molecule has 2 rings (SSSR count). The number of hydrogen-bond donors (Lipinski definition) is 4. The summed E-state index contributed by atoms with van der Waals surface area (Å²) >= 11 is 0. The summed E-state index contributed by atoms with van der Waals surface area (Å²) in [5.41, 5.74) is 0.919. The molecule has 0 aliphatic heterocycles. The molecule has 4 N–H and O–H groups in total. The van der Waals surface area contributed by atoms with Gasteiger partial charge in [0.1, 0.15) is 11.4 Å². The van der Waals surface area contributed by atoms with Gasteiger partial charge in [-0.3, -0.25) is 9.59 Å². The molecule has 1 heterocycles. The van der Waals surface area contributed by atoms with Gasteiger partial charge in [-0.15, -0.1) is 0 Å². The molecule has 0 aliphatic rings. The van der Waals surface area contributed by atoms with E-state index in [9.17, 15) is 14.7 Å². The van der Waals surface area contributed by atoms with Crippen LogP contribution in [0.25, 0.3) is 0 Å². The molecule has 2 amide bonds. The van der Waals surface area contributed by atoms with Gasteiger partial charge in [0, 0.05) is 6.54 Å². The summed E-state index contributed by atoms with van der Waals surface area (Å²) in [7, 11) is 0. The van der Waals surface area contributed by atoms with Gasteiger partial charge in [-0.25, -0.2) is 4.98 Å². The fourth-order valence-corrected chi connectivity index (χ4v) is 2.10. The minimum atomic E-state index is -0.563. The van der Waals surface area contributed by atoms with E-state index in [4.69, 9.17) is 5.11 Å². The van der Waals surface area contributed by atoms with Crippen molar-refractivity contribution in [1.82, 2.24) is 15.6 Å². The molecule has 1 unspecified atom stereocenters. The Labute approximate surface area is 139 Å². The van der Waals surface area contributed by atoms with Gasteiger partial charge in [0.2, 0.25) is 0 Å². The first kappa shape index (κ1) is 17.6. The molecule has 0 fully saturated rings. The summed E-state index contributed by atoms with van der Waals surface area (Å²) in [5, 5.41) is 23.4. The minimum absolute atomic E-state index is 0.0704. The quantitative estimate of drug-likeness (QED) is 0.582. The monoisotopic (exact) mass is 329 g/mol. The number of amides is 2. The lowest BCUT2D eigenvalue weighted by Crippen LogP contribution is -2.32.